The molecule has 0 radical (unpaired) electrons. The van der Waals surface area contributed by atoms with Crippen LogP contribution in [-0.4, -0.2) is 23.6 Å². The maximum absolute atomic E-state index is 5.58. The third-order valence-corrected chi connectivity index (χ3v) is 3.35. The van der Waals surface area contributed by atoms with Gasteiger partial charge in [0.1, 0.15) is 5.82 Å². The molecule has 0 aromatic carbocycles. The zero-order valence-electron chi connectivity index (χ0n) is 10.5. The minimum Gasteiger partial charge on any atom is -0.481 e. The van der Waals surface area contributed by atoms with Crippen LogP contribution in [0.25, 0.3) is 0 Å². The van der Waals surface area contributed by atoms with Gasteiger partial charge in [-0.3, -0.25) is 0 Å². The summed E-state index contributed by atoms with van der Waals surface area (Å²) < 4.78 is 5.24. The van der Waals surface area contributed by atoms with Gasteiger partial charge >= 0.3 is 0 Å². The monoisotopic (exact) mass is 235 g/mol. The Morgan fingerprint density at radius 1 is 1.29 bits per heavy atom. The summed E-state index contributed by atoms with van der Waals surface area (Å²) in [5, 5.41) is 0. The Kier molecular flexibility index (Phi) is 4.31. The van der Waals surface area contributed by atoms with E-state index in [1.54, 1.807) is 7.11 Å². The van der Waals surface area contributed by atoms with Crippen molar-refractivity contribution < 1.29 is 4.74 Å². The molecule has 2 N–H and O–H groups in total. The number of ether oxygens (including phenoxy) is 1. The molecule has 1 saturated carbocycles. The average molecular weight is 235 g/mol. The molecule has 1 fully saturated rings. The Bertz CT molecular complexity index is 362. The minimum absolute atomic E-state index is 0.510. The summed E-state index contributed by atoms with van der Waals surface area (Å²) in [4.78, 5) is 9.11. The topological polar surface area (TPSA) is 61.0 Å². The zero-order chi connectivity index (χ0) is 12.1. The first-order valence-electron chi connectivity index (χ1n) is 6.45. The van der Waals surface area contributed by atoms with Gasteiger partial charge in [-0.2, -0.15) is 4.98 Å². The number of nitrogens with zero attached hydrogens (tertiary/aromatic N) is 2. The van der Waals surface area contributed by atoms with E-state index >= 15 is 0 Å². The molecule has 0 amide bonds. The molecule has 0 bridgehead atoms. The molecule has 1 heterocycles. The summed E-state index contributed by atoms with van der Waals surface area (Å²) in [5.41, 5.74) is 6.58. The lowest BCUT2D eigenvalue weighted by atomic mass is 9.88. The fourth-order valence-electron chi connectivity index (χ4n) is 2.42. The van der Waals surface area contributed by atoms with E-state index in [2.05, 4.69) is 9.97 Å². The van der Waals surface area contributed by atoms with Crippen LogP contribution in [0.5, 0.6) is 5.88 Å². The van der Waals surface area contributed by atoms with Gasteiger partial charge in [0.25, 0.3) is 0 Å². The SMILES string of the molecule is COc1cc(CCN)nc(C2CCCCC2)n1. The lowest BCUT2D eigenvalue weighted by Crippen LogP contribution is -2.12. The molecule has 17 heavy (non-hydrogen) atoms. The predicted octanol–water partition coefficient (Wildman–Crippen LogP) is 2.03. The highest BCUT2D eigenvalue weighted by atomic mass is 16.5. The van der Waals surface area contributed by atoms with Crippen LogP contribution in [0.3, 0.4) is 0 Å². The van der Waals surface area contributed by atoms with Crippen molar-refractivity contribution in [3.8, 4) is 5.88 Å². The fourth-order valence-corrected chi connectivity index (χ4v) is 2.42. The summed E-state index contributed by atoms with van der Waals surface area (Å²) in [5.74, 6) is 2.13. The highest BCUT2D eigenvalue weighted by molar-refractivity contribution is 5.18. The van der Waals surface area contributed by atoms with E-state index in [9.17, 15) is 0 Å². The van der Waals surface area contributed by atoms with E-state index in [1.165, 1.54) is 32.1 Å². The van der Waals surface area contributed by atoms with Crippen molar-refractivity contribution in [1.82, 2.24) is 9.97 Å². The molecule has 1 aliphatic rings. The van der Waals surface area contributed by atoms with Gasteiger partial charge in [-0.15, -0.1) is 0 Å². The van der Waals surface area contributed by atoms with Crippen LogP contribution < -0.4 is 10.5 Å². The second-order valence-electron chi connectivity index (χ2n) is 4.63. The lowest BCUT2D eigenvalue weighted by Gasteiger charge is -2.20. The number of hydrogen-bond acceptors (Lipinski definition) is 4. The summed E-state index contributed by atoms with van der Waals surface area (Å²) >= 11 is 0. The number of hydrogen-bond donors (Lipinski definition) is 1. The maximum atomic E-state index is 5.58. The molecule has 0 aliphatic heterocycles. The highest BCUT2D eigenvalue weighted by Gasteiger charge is 2.19. The Labute approximate surface area is 103 Å². The van der Waals surface area contributed by atoms with E-state index < -0.39 is 0 Å². The normalized spacial score (nSPS) is 17.1. The van der Waals surface area contributed by atoms with Crippen LogP contribution in [-0.2, 0) is 6.42 Å². The van der Waals surface area contributed by atoms with Crippen LogP contribution in [0, 0.1) is 0 Å². The summed E-state index contributed by atoms with van der Waals surface area (Å²) in [6, 6.07) is 1.89. The third kappa shape index (κ3) is 3.16. The molecule has 4 heteroatoms. The van der Waals surface area contributed by atoms with Crippen molar-refractivity contribution in [3.63, 3.8) is 0 Å². The average Bonchev–Trinajstić information content (AvgIpc) is 2.40. The third-order valence-electron chi connectivity index (χ3n) is 3.35. The Hall–Kier alpha value is -1.16. The van der Waals surface area contributed by atoms with Gasteiger partial charge in [-0.05, 0) is 19.4 Å². The first kappa shape index (κ1) is 12.3. The molecule has 1 aliphatic carbocycles. The van der Waals surface area contributed by atoms with E-state index in [-0.39, 0.29) is 0 Å². The van der Waals surface area contributed by atoms with Crippen LogP contribution in [0.1, 0.15) is 49.5 Å². The van der Waals surface area contributed by atoms with Gasteiger partial charge in [-0.25, -0.2) is 4.98 Å². The van der Waals surface area contributed by atoms with E-state index in [0.717, 1.165) is 17.9 Å². The summed E-state index contributed by atoms with van der Waals surface area (Å²) in [7, 11) is 1.65. The smallest absolute Gasteiger partial charge is 0.216 e. The van der Waals surface area contributed by atoms with Gasteiger partial charge in [0.05, 0.1) is 7.11 Å². The van der Waals surface area contributed by atoms with Crippen molar-refractivity contribution in [2.75, 3.05) is 13.7 Å². The van der Waals surface area contributed by atoms with Crippen molar-refractivity contribution in [3.05, 3.63) is 17.6 Å². The van der Waals surface area contributed by atoms with Gasteiger partial charge in [0, 0.05) is 24.1 Å². The van der Waals surface area contributed by atoms with Gasteiger partial charge in [0.2, 0.25) is 5.88 Å². The molecular formula is C13H21N3O. The maximum Gasteiger partial charge on any atom is 0.216 e. The summed E-state index contributed by atoms with van der Waals surface area (Å²) in [6.07, 6.45) is 7.12. The predicted molar refractivity (Wildman–Crippen MR) is 67.2 cm³/mol. The number of methoxy groups -OCH3 is 1. The molecule has 2 rings (SSSR count). The second kappa shape index (κ2) is 5.96. The Balaban J connectivity index is 2.21. The second-order valence-corrected chi connectivity index (χ2v) is 4.63. The quantitative estimate of drug-likeness (QED) is 0.867. The zero-order valence-corrected chi connectivity index (χ0v) is 10.5. The molecule has 0 saturated heterocycles. The van der Waals surface area contributed by atoms with Crippen molar-refractivity contribution in [1.29, 1.82) is 0 Å². The van der Waals surface area contributed by atoms with Crippen molar-refractivity contribution >= 4 is 0 Å². The number of aromatic nitrogens is 2. The minimum atomic E-state index is 0.510. The molecule has 1 aromatic rings. The van der Waals surface area contributed by atoms with Gasteiger partial charge < -0.3 is 10.5 Å². The van der Waals surface area contributed by atoms with Crippen LogP contribution in [0.2, 0.25) is 0 Å². The number of rotatable bonds is 4. The van der Waals surface area contributed by atoms with E-state index in [4.69, 9.17) is 10.5 Å². The molecular weight excluding hydrogens is 214 g/mol. The first-order chi connectivity index (χ1) is 8.33. The highest BCUT2D eigenvalue weighted by Crippen LogP contribution is 2.31. The molecule has 0 unspecified atom stereocenters. The Morgan fingerprint density at radius 3 is 2.71 bits per heavy atom. The molecule has 94 valence electrons. The van der Waals surface area contributed by atoms with Crippen molar-refractivity contribution in [2.45, 2.75) is 44.4 Å². The largest absolute Gasteiger partial charge is 0.481 e. The molecule has 1 aromatic heterocycles. The van der Waals surface area contributed by atoms with Crippen molar-refractivity contribution in [2.24, 2.45) is 5.73 Å². The fraction of sp³-hybridized carbons (Fsp3) is 0.692. The van der Waals surface area contributed by atoms with E-state index in [0.29, 0.717) is 18.3 Å². The van der Waals surface area contributed by atoms with Crippen LogP contribution >= 0.6 is 0 Å². The van der Waals surface area contributed by atoms with Gasteiger partial charge in [0.15, 0.2) is 0 Å². The standard InChI is InChI=1S/C13H21N3O/c1-17-12-9-11(7-8-14)15-13(16-12)10-5-3-2-4-6-10/h9-10H,2-8,14H2,1H3. The lowest BCUT2D eigenvalue weighted by molar-refractivity contribution is 0.381. The Morgan fingerprint density at radius 2 is 2.06 bits per heavy atom. The molecule has 4 nitrogen and oxygen atoms in total. The summed E-state index contributed by atoms with van der Waals surface area (Å²) in [6.45, 7) is 0.615. The molecule has 0 atom stereocenters. The first-order valence-corrected chi connectivity index (χ1v) is 6.45. The van der Waals surface area contributed by atoms with Crippen LogP contribution in [0.4, 0.5) is 0 Å². The van der Waals surface area contributed by atoms with E-state index in [1.807, 2.05) is 6.07 Å². The molecule has 0 spiro atoms. The number of nitrogens with two attached hydrogens (primary N) is 1. The van der Waals surface area contributed by atoms with Gasteiger partial charge in [-0.1, -0.05) is 19.3 Å². The van der Waals surface area contributed by atoms with Crippen LogP contribution in [0.15, 0.2) is 6.07 Å².